The minimum Gasteiger partial charge on any atom is -0.376 e. The largest absolute Gasteiger partial charge is 0.376 e. The molecule has 1 heterocycles. The van der Waals surface area contributed by atoms with Crippen LogP contribution in [0, 0.1) is 0 Å². The lowest BCUT2D eigenvalue weighted by Crippen LogP contribution is -2.39. The molecule has 0 aliphatic carbocycles. The lowest BCUT2D eigenvalue weighted by Gasteiger charge is -2.41. The van der Waals surface area contributed by atoms with Crippen LogP contribution >= 0.6 is 11.8 Å². The summed E-state index contributed by atoms with van der Waals surface area (Å²) in [5.41, 5.74) is 7.08. The molecule has 1 fully saturated rings. The van der Waals surface area contributed by atoms with Crippen LogP contribution in [0.25, 0.3) is 0 Å². The number of hydrogen-bond donors (Lipinski definition) is 1. The highest BCUT2D eigenvalue weighted by Gasteiger charge is 2.42. The highest BCUT2D eigenvalue weighted by Crippen LogP contribution is 2.47. The van der Waals surface area contributed by atoms with Crippen LogP contribution in [0.1, 0.15) is 53.1 Å². The molecule has 4 aromatic carbocycles. The van der Waals surface area contributed by atoms with Crippen molar-refractivity contribution in [1.82, 2.24) is 0 Å². The van der Waals surface area contributed by atoms with Gasteiger partial charge in [-0.25, -0.2) is 0 Å². The van der Waals surface area contributed by atoms with Crippen LogP contribution in [0.15, 0.2) is 109 Å². The maximum Gasteiger partial charge on any atom is 0.138 e. The first-order valence-electron chi connectivity index (χ1n) is 13.9. The van der Waals surface area contributed by atoms with Gasteiger partial charge >= 0.3 is 0 Å². The summed E-state index contributed by atoms with van der Waals surface area (Å²) < 4.78 is 12.5. The normalized spacial score (nSPS) is 21.1. The molecular weight excluding hydrogens is 500 g/mol. The number of benzene rings is 4. The van der Waals surface area contributed by atoms with E-state index in [2.05, 4.69) is 79.7 Å². The summed E-state index contributed by atoms with van der Waals surface area (Å²) in [6, 6.07) is 37.8. The zero-order valence-corrected chi connectivity index (χ0v) is 23.5. The van der Waals surface area contributed by atoms with Crippen LogP contribution in [0.3, 0.4) is 0 Å². The average molecular weight is 539 g/mol. The van der Waals surface area contributed by atoms with E-state index in [0.717, 1.165) is 36.0 Å². The zero-order chi connectivity index (χ0) is 26.9. The van der Waals surface area contributed by atoms with E-state index in [9.17, 15) is 5.11 Å². The fourth-order valence-electron chi connectivity index (χ4n) is 5.20. The van der Waals surface area contributed by atoms with Gasteiger partial charge in [0, 0.05) is 11.7 Å². The van der Waals surface area contributed by atoms with Crippen molar-refractivity contribution in [3.63, 3.8) is 0 Å². The zero-order valence-electron chi connectivity index (χ0n) is 22.7. The summed E-state index contributed by atoms with van der Waals surface area (Å²) in [7, 11) is 0. The third-order valence-electron chi connectivity index (χ3n) is 7.35. The molecule has 0 spiro atoms. The number of ether oxygens (including phenoxy) is 2. The van der Waals surface area contributed by atoms with Crippen molar-refractivity contribution in [2.45, 2.75) is 62.1 Å². The molecule has 0 amide bonds. The summed E-state index contributed by atoms with van der Waals surface area (Å²) in [5, 5.41) is 12.2. The molecule has 202 valence electrons. The van der Waals surface area contributed by atoms with Gasteiger partial charge in [-0.2, -0.15) is 0 Å². The molecule has 4 heteroatoms. The summed E-state index contributed by atoms with van der Waals surface area (Å²) in [6.07, 6.45) is 3.22. The van der Waals surface area contributed by atoms with Crippen LogP contribution < -0.4 is 0 Å². The smallest absolute Gasteiger partial charge is 0.138 e. The Morgan fingerprint density at radius 2 is 1.38 bits per heavy atom. The van der Waals surface area contributed by atoms with Gasteiger partial charge in [-0.15, -0.1) is 11.8 Å². The van der Waals surface area contributed by atoms with Gasteiger partial charge in [0.15, 0.2) is 0 Å². The third kappa shape index (κ3) is 7.83. The highest BCUT2D eigenvalue weighted by atomic mass is 32.2. The van der Waals surface area contributed by atoms with Crippen LogP contribution in [0.5, 0.6) is 0 Å². The topological polar surface area (TPSA) is 38.7 Å². The number of hydrogen-bond acceptors (Lipinski definition) is 4. The monoisotopic (exact) mass is 538 g/mol. The van der Waals surface area contributed by atoms with Gasteiger partial charge in [0.1, 0.15) is 4.93 Å². The Labute approximate surface area is 237 Å². The molecule has 3 nitrogen and oxygen atoms in total. The van der Waals surface area contributed by atoms with Crippen molar-refractivity contribution in [3.05, 3.63) is 143 Å². The molecule has 2 unspecified atom stereocenters. The Morgan fingerprint density at radius 3 is 2.08 bits per heavy atom. The van der Waals surface area contributed by atoms with E-state index in [-0.39, 0.29) is 11.4 Å². The van der Waals surface area contributed by atoms with Crippen molar-refractivity contribution < 1.29 is 14.6 Å². The SMILES string of the molecule is CCc1ccc(Cc2cccc(C3(O)CC(OCc4ccccc4)C[C@@H](COCc4ccccc4)S3)c2)cc1. The van der Waals surface area contributed by atoms with E-state index in [1.165, 1.54) is 16.7 Å². The van der Waals surface area contributed by atoms with Crippen molar-refractivity contribution >= 4 is 11.8 Å². The third-order valence-corrected chi connectivity index (χ3v) is 8.81. The quantitative estimate of drug-likeness (QED) is 0.213. The Bertz CT molecular complexity index is 1290. The van der Waals surface area contributed by atoms with Crippen LogP contribution in [0.2, 0.25) is 0 Å². The summed E-state index contributed by atoms with van der Waals surface area (Å²) in [4.78, 5) is -1.04. The van der Waals surface area contributed by atoms with Gasteiger partial charge in [0.2, 0.25) is 0 Å². The lowest BCUT2D eigenvalue weighted by atomic mass is 9.95. The minimum absolute atomic E-state index is 0.0629. The summed E-state index contributed by atoms with van der Waals surface area (Å²) >= 11 is 1.62. The van der Waals surface area contributed by atoms with Gasteiger partial charge in [0.25, 0.3) is 0 Å². The molecular formula is C35H38O3S. The molecule has 0 radical (unpaired) electrons. The molecule has 1 N–H and O–H groups in total. The second-order valence-corrected chi connectivity index (χ2v) is 12.0. The first kappa shape index (κ1) is 27.7. The van der Waals surface area contributed by atoms with Gasteiger partial charge in [0.05, 0.1) is 25.9 Å². The molecule has 1 aliphatic rings. The van der Waals surface area contributed by atoms with E-state index in [0.29, 0.717) is 26.2 Å². The van der Waals surface area contributed by atoms with Crippen molar-refractivity contribution in [3.8, 4) is 0 Å². The molecule has 5 rings (SSSR count). The number of thioether (sulfide) groups is 1. The fraction of sp³-hybridized carbons (Fsp3) is 0.314. The Morgan fingerprint density at radius 1 is 0.744 bits per heavy atom. The first-order valence-corrected chi connectivity index (χ1v) is 14.8. The van der Waals surface area contributed by atoms with E-state index in [4.69, 9.17) is 9.47 Å². The van der Waals surface area contributed by atoms with Crippen molar-refractivity contribution in [1.29, 1.82) is 0 Å². The molecule has 39 heavy (non-hydrogen) atoms. The second-order valence-electron chi connectivity index (χ2n) is 10.4. The lowest BCUT2D eigenvalue weighted by molar-refractivity contribution is -0.0248. The van der Waals surface area contributed by atoms with Crippen LogP contribution in [-0.4, -0.2) is 23.1 Å². The van der Waals surface area contributed by atoms with E-state index in [1.54, 1.807) is 11.8 Å². The molecule has 4 aromatic rings. The second kappa shape index (κ2) is 13.5. The first-order chi connectivity index (χ1) is 19.1. The van der Waals surface area contributed by atoms with E-state index in [1.807, 2.05) is 36.4 Å². The molecule has 1 aliphatic heterocycles. The maximum absolute atomic E-state index is 12.1. The van der Waals surface area contributed by atoms with Crippen molar-refractivity contribution in [2.75, 3.05) is 6.61 Å². The Balaban J connectivity index is 1.30. The number of aliphatic hydroxyl groups is 1. The minimum atomic E-state index is -1.04. The van der Waals surface area contributed by atoms with Gasteiger partial charge < -0.3 is 14.6 Å². The number of rotatable bonds is 11. The predicted octanol–water partition coefficient (Wildman–Crippen LogP) is 7.68. The fourth-order valence-corrected chi connectivity index (χ4v) is 6.77. The standard InChI is InChI=1S/C35H38O3S/c1-2-27-16-18-28(19-17-27)20-31-14-9-15-32(21-31)35(36)23-33(38-25-30-12-7-4-8-13-30)22-34(39-35)26-37-24-29-10-5-3-6-11-29/h3-19,21,33-34,36H,2,20,22-26H2,1H3/t33?,34-,35?/m0/s1. The predicted molar refractivity (Wildman–Crippen MR) is 161 cm³/mol. The van der Waals surface area contributed by atoms with Crippen LogP contribution in [0.4, 0.5) is 0 Å². The molecule has 0 saturated carbocycles. The molecule has 3 atom stereocenters. The van der Waals surface area contributed by atoms with E-state index >= 15 is 0 Å². The average Bonchev–Trinajstić information content (AvgIpc) is 2.98. The summed E-state index contributed by atoms with van der Waals surface area (Å²) in [5.74, 6) is 0. The molecule has 0 aromatic heterocycles. The molecule has 1 saturated heterocycles. The number of aryl methyl sites for hydroxylation is 1. The highest BCUT2D eigenvalue weighted by molar-refractivity contribution is 8.00. The Kier molecular flexibility index (Phi) is 9.54. The van der Waals surface area contributed by atoms with Gasteiger partial charge in [-0.1, -0.05) is 116 Å². The van der Waals surface area contributed by atoms with E-state index < -0.39 is 4.93 Å². The van der Waals surface area contributed by atoms with Gasteiger partial charge in [-0.3, -0.25) is 0 Å². The molecule has 0 bridgehead atoms. The summed E-state index contributed by atoms with van der Waals surface area (Å²) in [6.45, 7) is 3.85. The van der Waals surface area contributed by atoms with Crippen LogP contribution in [-0.2, 0) is 40.5 Å². The van der Waals surface area contributed by atoms with Crippen molar-refractivity contribution in [2.24, 2.45) is 0 Å². The Hall–Kier alpha value is -2.89. The maximum atomic E-state index is 12.1. The van der Waals surface area contributed by atoms with Gasteiger partial charge in [-0.05, 0) is 52.6 Å².